The summed E-state index contributed by atoms with van der Waals surface area (Å²) in [7, 11) is 3.29. The van der Waals surface area contributed by atoms with Crippen molar-refractivity contribution in [3.05, 3.63) is 254 Å². The van der Waals surface area contributed by atoms with Crippen molar-refractivity contribution < 1.29 is 50.0 Å². The fourth-order valence-corrected chi connectivity index (χ4v) is 22.1. The molecule has 16 rings (SSSR count). The zero-order valence-electron chi connectivity index (χ0n) is 80.9. The highest BCUT2D eigenvalue weighted by molar-refractivity contribution is 6.35. The van der Waals surface area contributed by atoms with Crippen LogP contribution in [-0.2, 0) is 30.9 Å². The summed E-state index contributed by atoms with van der Waals surface area (Å²) in [6.07, 6.45) is 26.4. The molecule has 746 valence electrons. The summed E-state index contributed by atoms with van der Waals surface area (Å²) in [5.41, 5.74) is 9.52. The van der Waals surface area contributed by atoms with Crippen molar-refractivity contribution in [2.24, 2.45) is 23.7 Å². The Morgan fingerprint density at radius 3 is 1.39 bits per heavy atom. The van der Waals surface area contributed by atoms with Gasteiger partial charge in [-0.05, 0) is 276 Å². The number of carbonyl (C=O) groups excluding carboxylic acids is 3. The molecule has 4 heterocycles. The van der Waals surface area contributed by atoms with Gasteiger partial charge in [0.25, 0.3) is 0 Å². The minimum absolute atomic E-state index is 0. The molecule has 4 aliphatic carbocycles. The van der Waals surface area contributed by atoms with E-state index in [2.05, 4.69) is 160 Å². The van der Waals surface area contributed by atoms with E-state index in [1.807, 2.05) is 54.6 Å². The van der Waals surface area contributed by atoms with Gasteiger partial charge in [-0.1, -0.05) is 211 Å². The summed E-state index contributed by atoms with van der Waals surface area (Å²) in [6.45, 7) is 23.5. The van der Waals surface area contributed by atoms with E-state index >= 15 is 0 Å². The van der Waals surface area contributed by atoms with Crippen molar-refractivity contribution in [2.75, 3.05) is 141 Å². The Balaban J connectivity index is 0.000000254. The molecule has 8 fully saturated rings. The van der Waals surface area contributed by atoms with Crippen molar-refractivity contribution in [1.29, 1.82) is 5.26 Å². The highest BCUT2D eigenvalue weighted by Crippen LogP contribution is 2.37. The first-order valence-electron chi connectivity index (χ1n) is 50.5. The number of likely N-dealkylation sites (tertiary alicyclic amines) is 2. The van der Waals surface area contributed by atoms with Crippen LogP contribution in [0.3, 0.4) is 0 Å². The van der Waals surface area contributed by atoms with E-state index in [0.717, 1.165) is 171 Å². The van der Waals surface area contributed by atoms with Gasteiger partial charge in [0, 0.05) is 150 Å². The maximum atomic E-state index is 13.2. The Kier molecular flexibility index (Phi) is 40.7. The third-order valence-corrected chi connectivity index (χ3v) is 29.9. The van der Waals surface area contributed by atoms with Gasteiger partial charge in [0.05, 0.1) is 37.5 Å². The van der Waals surface area contributed by atoms with Gasteiger partial charge < -0.3 is 56.5 Å². The van der Waals surface area contributed by atoms with Crippen LogP contribution in [0, 0.1) is 40.8 Å². The summed E-state index contributed by atoms with van der Waals surface area (Å²) in [5, 5.41) is 31.8. The SMILES string of the molecule is CC(C)(C)c1ccc(CCNCC(c2ccc(C(F)(F)F)cc2)N2CCN(C3CCCCC3)CC2)cc1.COc1ccc(C(CNC(=O)Nc2cc(Cl)cc(Cl)c2)N2CCN(C3CCCCC3)CC2)cc1.COc1cccc(NC(=O)N[C@@H]2CCCC[C@H]2CN2CCC(Cc3ccc(F)cc3)CC2)c1.N#Cc1cccc(NC(=O)N[C@@H]2CCCC[C@H]2CN2CCC(Cc3ccccc3)CC2)c1.[HH].[HH].[HH].[HH].[HH].[HH]. The van der Waals surface area contributed by atoms with Crippen molar-refractivity contribution in [3.8, 4) is 17.6 Å². The highest BCUT2D eigenvalue weighted by Gasteiger charge is 2.37. The molecule has 136 heavy (non-hydrogen) atoms. The number of piperazine rings is 2. The topological polar surface area (TPSA) is 197 Å². The van der Waals surface area contributed by atoms with Crippen LogP contribution in [0.1, 0.15) is 227 Å². The lowest BCUT2D eigenvalue weighted by Crippen LogP contribution is -2.53. The second-order valence-electron chi connectivity index (χ2n) is 40.0. The number of amides is 6. The smallest absolute Gasteiger partial charge is 0.416 e. The van der Waals surface area contributed by atoms with Gasteiger partial charge in [-0.25, -0.2) is 18.8 Å². The molecular formula is C111H160Cl2F4N14O5. The van der Waals surface area contributed by atoms with E-state index in [1.54, 1.807) is 74.9 Å². The average molecular weight is 1920 g/mol. The first-order chi connectivity index (χ1) is 65.9. The number of nitrogens with zero attached hydrogens (tertiary/aromatic N) is 7. The molecule has 8 aromatic carbocycles. The van der Waals surface area contributed by atoms with E-state index in [-0.39, 0.29) is 62.1 Å². The number of halogens is 6. The number of alkyl halides is 3. The second-order valence-corrected chi connectivity index (χ2v) is 40.9. The fourth-order valence-electron chi connectivity index (χ4n) is 21.6. The molecule has 0 radical (unpaired) electrons. The predicted octanol–water partition coefficient (Wildman–Crippen LogP) is 24.8. The number of rotatable bonds is 28. The summed E-state index contributed by atoms with van der Waals surface area (Å²) >= 11 is 12.1. The summed E-state index contributed by atoms with van der Waals surface area (Å²) in [5.74, 6) is 3.83. The minimum atomic E-state index is -4.31. The van der Waals surface area contributed by atoms with Crippen molar-refractivity contribution in [1.82, 2.24) is 50.7 Å². The van der Waals surface area contributed by atoms with Gasteiger partial charge in [0.2, 0.25) is 0 Å². The van der Waals surface area contributed by atoms with Crippen LogP contribution >= 0.6 is 23.2 Å². The number of anilines is 3. The molecule has 8 aromatic rings. The van der Waals surface area contributed by atoms with E-state index in [0.29, 0.717) is 57.3 Å². The Hall–Kier alpha value is -9.32. The van der Waals surface area contributed by atoms with Gasteiger partial charge in [0.1, 0.15) is 17.3 Å². The van der Waals surface area contributed by atoms with Crippen LogP contribution in [0.2, 0.25) is 10.0 Å². The van der Waals surface area contributed by atoms with E-state index in [4.69, 9.17) is 37.9 Å². The van der Waals surface area contributed by atoms with Crippen molar-refractivity contribution in [3.63, 3.8) is 0 Å². The van der Waals surface area contributed by atoms with E-state index in [9.17, 15) is 31.9 Å². The number of carbonyl (C=O) groups is 3. The minimum Gasteiger partial charge on any atom is -0.497 e. The maximum absolute atomic E-state index is 13.2. The number of nitrogens with one attached hydrogen (secondary N) is 7. The van der Waals surface area contributed by atoms with Crippen LogP contribution in [0.5, 0.6) is 11.5 Å². The monoisotopic (exact) mass is 1920 g/mol. The largest absolute Gasteiger partial charge is 0.497 e. The standard InChI is InChI=1S/C31H44F3N3.C27H36FN3O2.C27H34N4O.C26H34Cl2N4O2.6H2/c1-30(2,3)26-13-9-24(10-14-26)17-18-35-23-29(25-11-15-27(16-12-25)31(32,33)34)37-21-19-36(20-22-37)28-7-5-4-6-8-28;1-33-25-7-4-6-24(18-25)29-27(32)30-26-8-3-2-5-22(26)19-31-15-13-21(14-16-31)17-20-9-11-23(28)12-10-20;28-19-23-9-6-11-25(18-23)29-27(32)30-26-12-5-4-10-24(26)20-31-15-13-22(14-16-31)17-21-7-2-1-3-8-21;1-34-24-9-7-19(8-10-24)25(18-29-26(33)30-22-16-20(27)15-21(28)17-22)32-13-11-31(12-14-32)23-5-3-2-4-6-23;;;;;;/h9-16,28-29,35H,4-8,17-23H2,1-3H3;4,6-7,9-12,18,21-22,26H,2-3,5,8,13-17,19H2,1H3,(H2,29,30,32);1-3,6-9,11,18,22,24,26H,4-5,10,12-17,20H2,(H2,29,30,32);7-10,15-17,23,25H,2-6,11-14,18H2,1H3,(H2,29,30,33);6*1H/t;22-,26+;24-,26+;;;;;;;/m.00......./s1. The normalized spacial score (nSPS) is 20.6. The third kappa shape index (κ3) is 33.5. The Morgan fingerprint density at radius 2 is 0.897 bits per heavy atom. The number of nitriles is 1. The number of piperidine rings is 2. The number of benzene rings is 8. The Morgan fingerprint density at radius 1 is 0.449 bits per heavy atom. The summed E-state index contributed by atoms with van der Waals surface area (Å²) in [6, 6.07) is 63.6. The Labute approximate surface area is 825 Å². The number of urea groups is 3. The first kappa shape index (κ1) is 104. The zero-order chi connectivity index (χ0) is 95.6. The van der Waals surface area contributed by atoms with Crippen LogP contribution in [0.25, 0.3) is 0 Å². The molecule has 0 spiro atoms. The van der Waals surface area contributed by atoms with Crippen LogP contribution in [-0.4, -0.2) is 197 Å². The van der Waals surface area contributed by atoms with Gasteiger partial charge in [-0.3, -0.25) is 19.6 Å². The van der Waals surface area contributed by atoms with Crippen LogP contribution < -0.4 is 46.7 Å². The van der Waals surface area contributed by atoms with Gasteiger partial charge in [0.15, 0.2) is 0 Å². The molecule has 2 unspecified atom stereocenters. The van der Waals surface area contributed by atoms with Crippen LogP contribution in [0.4, 0.5) is 49.0 Å². The third-order valence-electron chi connectivity index (χ3n) is 29.4. The highest BCUT2D eigenvalue weighted by atomic mass is 35.5. The molecule has 4 aliphatic heterocycles. The number of hydrogen-bond acceptors (Lipinski definition) is 13. The van der Waals surface area contributed by atoms with Crippen molar-refractivity contribution >= 4 is 58.4 Å². The molecule has 6 amide bonds. The second kappa shape index (κ2) is 53.2. The Bertz CT molecular complexity index is 4970. The van der Waals surface area contributed by atoms with Gasteiger partial charge in [-0.2, -0.15) is 18.4 Å². The quantitative estimate of drug-likeness (QED) is 0.0181. The lowest BCUT2D eigenvalue weighted by atomic mass is 9.83. The van der Waals surface area contributed by atoms with E-state index in [1.165, 1.54) is 169 Å². The molecule has 4 saturated carbocycles. The molecule has 7 N–H and O–H groups in total. The molecule has 19 nitrogen and oxygen atoms in total. The lowest BCUT2D eigenvalue weighted by molar-refractivity contribution is -0.137. The number of hydrogen-bond donors (Lipinski definition) is 7. The van der Waals surface area contributed by atoms with Crippen LogP contribution in [0.15, 0.2) is 194 Å². The lowest BCUT2D eigenvalue weighted by Gasteiger charge is -2.43. The molecule has 8 aliphatic rings. The van der Waals surface area contributed by atoms with Gasteiger partial charge in [-0.15, -0.1) is 0 Å². The molecular weight excluding hydrogens is 1760 g/mol. The fraction of sp³-hybridized carbons (Fsp3) is 0.532. The molecule has 0 aromatic heterocycles. The molecule has 0 bridgehead atoms. The molecule has 4 saturated heterocycles. The van der Waals surface area contributed by atoms with E-state index < -0.39 is 11.7 Å². The number of ether oxygens (including phenoxy) is 2. The summed E-state index contributed by atoms with van der Waals surface area (Å²) in [4.78, 5) is 53.4. The predicted molar refractivity (Wildman–Crippen MR) is 556 cm³/mol. The zero-order valence-corrected chi connectivity index (χ0v) is 82.4. The summed E-state index contributed by atoms with van der Waals surface area (Å²) < 4.78 is 63.2. The van der Waals surface area contributed by atoms with Crippen molar-refractivity contribution in [2.45, 2.75) is 229 Å². The average Bonchev–Trinajstić information content (AvgIpc) is 0.804. The first-order valence-corrected chi connectivity index (χ1v) is 51.3. The van der Waals surface area contributed by atoms with Gasteiger partial charge >= 0.3 is 24.3 Å². The maximum Gasteiger partial charge on any atom is 0.416 e. The molecule has 6 atom stereocenters. The molecule has 25 heteroatoms. The number of methoxy groups -OCH3 is 2.